The lowest BCUT2D eigenvalue weighted by Crippen LogP contribution is -2.01. The lowest BCUT2D eigenvalue weighted by molar-refractivity contribution is 0.111. The fourth-order valence-corrected chi connectivity index (χ4v) is 1.08. The molecule has 3 nitrogen and oxygen atoms in total. The lowest BCUT2D eigenvalue weighted by Gasteiger charge is -1.95. The summed E-state index contributed by atoms with van der Waals surface area (Å²) in [5.74, 6) is 0. The standard InChI is InChI=1S/C8H12N2O/c1-4-10-8(5-11)6(2)7(3)9-10/h5H,4H2,1-3H3. The second-order valence-corrected chi connectivity index (χ2v) is 2.53. The van der Waals surface area contributed by atoms with Gasteiger partial charge in [-0.2, -0.15) is 5.10 Å². The zero-order valence-electron chi connectivity index (χ0n) is 7.09. The van der Waals surface area contributed by atoms with E-state index in [0.29, 0.717) is 5.69 Å². The summed E-state index contributed by atoms with van der Waals surface area (Å²) in [6, 6.07) is 0. The zero-order valence-corrected chi connectivity index (χ0v) is 7.09. The number of hydrogen-bond acceptors (Lipinski definition) is 2. The van der Waals surface area contributed by atoms with Crippen molar-refractivity contribution in [3.63, 3.8) is 0 Å². The van der Waals surface area contributed by atoms with E-state index in [1.54, 1.807) is 4.68 Å². The van der Waals surface area contributed by atoms with Gasteiger partial charge in [0.15, 0.2) is 6.29 Å². The van der Waals surface area contributed by atoms with Gasteiger partial charge in [-0.1, -0.05) is 0 Å². The molecule has 0 spiro atoms. The molecule has 3 heteroatoms. The Morgan fingerprint density at radius 1 is 1.55 bits per heavy atom. The summed E-state index contributed by atoms with van der Waals surface area (Å²) in [7, 11) is 0. The van der Waals surface area contributed by atoms with Crippen LogP contribution in [0, 0.1) is 13.8 Å². The molecule has 1 rings (SSSR count). The highest BCUT2D eigenvalue weighted by molar-refractivity contribution is 5.74. The quantitative estimate of drug-likeness (QED) is 0.599. The monoisotopic (exact) mass is 152 g/mol. The van der Waals surface area contributed by atoms with Crippen molar-refractivity contribution in [3.8, 4) is 0 Å². The van der Waals surface area contributed by atoms with E-state index in [2.05, 4.69) is 5.10 Å². The molecule has 0 aliphatic carbocycles. The van der Waals surface area contributed by atoms with Gasteiger partial charge in [0.2, 0.25) is 0 Å². The summed E-state index contributed by atoms with van der Waals surface area (Å²) in [6.45, 7) is 6.55. The molecule has 0 bridgehead atoms. The number of carbonyl (C=O) groups excluding carboxylic acids is 1. The van der Waals surface area contributed by atoms with Gasteiger partial charge in [-0.3, -0.25) is 9.48 Å². The number of nitrogens with zero attached hydrogens (tertiary/aromatic N) is 2. The van der Waals surface area contributed by atoms with Crippen LogP contribution in [0.4, 0.5) is 0 Å². The molecule has 0 unspecified atom stereocenters. The first-order valence-electron chi connectivity index (χ1n) is 3.69. The molecule has 1 heterocycles. The highest BCUT2D eigenvalue weighted by Crippen LogP contribution is 2.09. The van der Waals surface area contributed by atoms with Crippen LogP contribution in [-0.4, -0.2) is 16.1 Å². The maximum absolute atomic E-state index is 10.6. The normalized spacial score (nSPS) is 10.1. The second kappa shape index (κ2) is 2.86. The molecule has 0 fully saturated rings. The van der Waals surface area contributed by atoms with E-state index in [0.717, 1.165) is 24.1 Å². The maximum Gasteiger partial charge on any atom is 0.168 e. The Labute approximate surface area is 66.0 Å². The Morgan fingerprint density at radius 3 is 2.55 bits per heavy atom. The van der Waals surface area contributed by atoms with E-state index >= 15 is 0 Å². The smallest absolute Gasteiger partial charge is 0.168 e. The third kappa shape index (κ3) is 1.18. The van der Waals surface area contributed by atoms with Crippen LogP contribution in [-0.2, 0) is 6.54 Å². The predicted octanol–water partition coefficient (Wildman–Crippen LogP) is 1.33. The molecule has 0 aliphatic rings. The minimum atomic E-state index is 0.699. The predicted molar refractivity (Wildman–Crippen MR) is 42.8 cm³/mol. The van der Waals surface area contributed by atoms with Crippen molar-refractivity contribution in [2.75, 3.05) is 0 Å². The number of aryl methyl sites for hydroxylation is 2. The summed E-state index contributed by atoms with van der Waals surface area (Å²) < 4.78 is 1.72. The Bertz CT molecular complexity index is 276. The van der Waals surface area contributed by atoms with Gasteiger partial charge in [0.25, 0.3) is 0 Å². The molecule has 0 N–H and O–H groups in total. The van der Waals surface area contributed by atoms with Crippen molar-refractivity contribution in [3.05, 3.63) is 17.0 Å². The highest BCUT2D eigenvalue weighted by Gasteiger charge is 2.07. The van der Waals surface area contributed by atoms with Gasteiger partial charge in [0, 0.05) is 12.1 Å². The molecule has 0 aliphatic heterocycles. The van der Waals surface area contributed by atoms with Gasteiger partial charge in [-0.25, -0.2) is 0 Å². The molecule has 0 atom stereocenters. The van der Waals surface area contributed by atoms with E-state index in [-0.39, 0.29) is 0 Å². The van der Waals surface area contributed by atoms with Crippen LogP contribution in [0.25, 0.3) is 0 Å². The maximum atomic E-state index is 10.6. The third-order valence-electron chi connectivity index (χ3n) is 1.89. The Balaban J connectivity index is 3.26. The van der Waals surface area contributed by atoms with Crippen molar-refractivity contribution < 1.29 is 4.79 Å². The molecule has 0 saturated carbocycles. The van der Waals surface area contributed by atoms with Crippen LogP contribution in [0.1, 0.15) is 28.7 Å². The van der Waals surface area contributed by atoms with Crippen LogP contribution >= 0.6 is 0 Å². The van der Waals surface area contributed by atoms with Crippen molar-refractivity contribution >= 4 is 6.29 Å². The van der Waals surface area contributed by atoms with E-state index < -0.39 is 0 Å². The first-order chi connectivity index (χ1) is 5.20. The molecule has 1 aromatic rings. The second-order valence-electron chi connectivity index (χ2n) is 2.53. The molecule has 0 amide bonds. The summed E-state index contributed by atoms with van der Waals surface area (Å²) in [5.41, 5.74) is 2.63. The van der Waals surface area contributed by atoms with Crippen molar-refractivity contribution in [2.24, 2.45) is 0 Å². The summed E-state index contributed by atoms with van der Waals surface area (Å²) in [4.78, 5) is 10.6. The van der Waals surface area contributed by atoms with E-state index in [9.17, 15) is 4.79 Å². The van der Waals surface area contributed by atoms with Crippen molar-refractivity contribution in [1.29, 1.82) is 0 Å². The van der Waals surface area contributed by atoms with E-state index in [4.69, 9.17) is 0 Å². The van der Waals surface area contributed by atoms with Gasteiger partial charge in [-0.05, 0) is 20.8 Å². The molecule has 1 aromatic heterocycles. The summed E-state index contributed by atoms with van der Waals surface area (Å²) in [6.07, 6.45) is 0.860. The van der Waals surface area contributed by atoms with Gasteiger partial charge in [-0.15, -0.1) is 0 Å². The third-order valence-corrected chi connectivity index (χ3v) is 1.89. The number of rotatable bonds is 2. The fraction of sp³-hybridized carbons (Fsp3) is 0.500. The lowest BCUT2D eigenvalue weighted by atomic mass is 10.2. The molecular weight excluding hydrogens is 140 g/mol. The van der Waals surface area contributed by atoms with Crippen LogP contribution in [0.15, 0.2) is 0 Å². The van der Waals surface area contributed by atoms with Crippen molar-refractivity contribution in [2.45, 2.75) is 27.3 Å². The number of carbonyl (C=O) groups is 1. The van der Waals surface area contributed by atoms with Crippen LogP contribution < -0.4 is 0 Å². The molecular formula is C8H12N2O. The van der Waals surface area contributed by atoms with Crippen LogP contribution in [0.5, 0.6) is 0 Å². The molecule has 0 radical (unpaired) electrons. The van der Waals surface area contributed by atoms with Gasteiger partial charge in [0.1, 0.15) is 5.69 Å². The summed E-state index contributed by atoms with van der Waals surface area (Å²) in [5, 5.41) is 4.18. The average molecular weight is 152 g/mol. The van der Waals surface area contributed by atoms with Gasteiger partial charge in [0.05, 0.1) is 5.69 Å². The number of hydrogen-bond donors (Lipinski definition) is 0. The Hall–Kier alpha value is -1.12. The van der Waals surface area contributed by atoms with E-state index in [1.807, 2.05) is 20.8 Å². The van der Waals surface area contributed by atoms with Crippen LogP contribution in [0.2, 0.25) is 0 Å². The molecule has 0 aromatic carbocycles. The highest BCUT2D eigenvalue weighted by atomic mass is 16.1. The fourth-order valence-electron chi connectivity index (χ4n) is 1.08. The van der Waals surface area contributed by atoms with Gasteiger partial charge < -0.3 is 0 Å². The van der Waals surface area contributed by atoms with Crippen LogP contribution in [0.3, 0.4) is 0 Å². The molecule has 60 valence electrons. The van der Waals surface area contributed by atoms with Crippen molar-refractivity contribution in [1.82, 2.24) is 9.78 Å². The number of aldehydes is 1. The molecule has 11 heavy (non-hydrogen) atoms. The largest absolute Gasteiger partial charge is 0.296 e. The Kier molecular flexibility index (Phi) is 2.08. The topological polar surface area (TPSA) is 34.9 Å². The van der Waals surface area contributed by atoms with E-state index in [1.165, 1.54) is 0 Å². The Morgan fingerprint density at radius 2 is 2.18 bits per heavy atom. The minimum absolute atomic E-state index is 0.699. The SMILES string of the molecule is CCn1nc(C)c(C)c1C=O. The number of aromatic nitrogens is 2. The minimum Gasteiger partial charge on any atom is -0.296 e. The first-order valence-corrected chi connectivity index (χ1v) is 3.69. The summed E-state index contributed by atoms with van der Waals surface area (Å²) >= 11 is 0. The van der Waals surface area contributed by atoms with Gasteiger partial charge >= 0.3 is 0 Å². The average Bonchev–Trinajstić information content (AvgIpc) is 2.28. The molecule has 0 saturated heterocycles. The first kappa shape index (κ1) is 7.98. The zero-order chi connectivity index (χ0) is 8.43.